The fourth-order valence-corrected chi connectivity index (χ4v) is 3.93. The third-order valence-corrected chi connectivity index (χ3v) is 5.36. The van der Waals surface area contributed by atoms with Gasteiger partial charge in [-0.2, -0.15) is 0 Å². The number of phenolic OH excluding ortho intramolecular Hbond substituents is 1. The number of hydrogen-bond acceptors (Lipinski definition) is 3. The predicted molar refractivity (Wildman–Crippen MR) is 111 cm³/mol. The lowest BCUT2D eigenvalue weighted by molar-refractivity contribution is 0.0923. The lowest BCUT2D eigenvalue weighted by atomic mass is 9.80. The van der Waals surface area contributed by atoms with E-state index in [0.717, 1.165) is 31.4 Å². The lowest BCUT2D eigenvalue weighted by Crippen LogP contribution is -2.44. The number of phenols is 1. The number of nitrogens with zero attached hydrogens (tertiary/aromatic N) is 1. The van der Waals surface area contributed by atoms with Gasteiger partial charge in [0.2, 0.25) is 0 Å². The fraction of sp³-hybridized carbons (Fsp3) is 0.455. The van der Waals surface area contributed by atoms with Crippen molar-refractivity contribution in [3.63, 3.8) is 0 Å². The first kappa shape index (κ1) is 20.8. The molecule has 3 N–H and O–H groups in total. The molecule has 0 aliphatic carbocycles. The minimum absolute atomic E-state index is 0. The Morgan fingerprint density at radius 2 is 1.81 bits per heavy atom. The molecule has 142 valence electrons. The van der Waals surface area contributed by atoms with E-state index in [2.05, 4.69) is 51.1 Å². The van der Waals surface area contributed by atoms with Crippen LogP contribution in [0.4, 0.5) is 0 Å². The Balaban J connectivity index is 0.00000243. The van der Waals surface area contributed by atoms with Crippen LogP contribution in [0, 0.1) is 5.92 Å². The van der Waals surface area contributed by atoms with Gasteiger partial charge in [-0.15, -0.1) is 12.4 Å². The van der Waals surface area contributed by atoms with E-state index in [1.165, 1.54) is 11.1 Å². The number of hydrogen-bond donors (Lipinski definition) is 2. The number of hydrazine groups is 1. The van der Waals surface area contributed by atoms with E-state index >= 15 is 0 Å². The summed E-state index contributed by atoms with van der Waals surface area (Å²) in [5.41, 5.74) is 3.64. The lowest BCUT2D eigenvalue weighted by Gasteiger charge is -2.39. The highest BCUT2D eigenvalue weighted by molar-refractivity contribution is 5.85. The van der Waals surface area contributed by atoms with Gasteiger partial charge >= 0.3 is 0 Å². The molecule has 1 saturated heterocycles. The molecule has 1 aliphatic heterocycles. The fourth-order valence-electron chi connectivity index (χ4n) is 3.93. The first-order valence-electron chi connectivity index (χ1n) is 9.25. The van der Waals surface area contributed by atoms with Gasteiger partial charge in [0, 0.05) is 6.54 Å². The van der Waals surface area contributed by atoms with Gasteiger partial charge in [-0.05, 0) is 53.4 Å². The minimum atomic E-state index is 0. The average Bonchev–Trinajstić information content (AvgIpc) is 2.57. The topological polar surface area (TPSA) is 49.5 Å². The Kier molecular flexibility index (Phi) is 6.73. The molecular weight excluding hydrogens is 344 g/mol. The number of aromatic hydroxyl groups is 1. The van der Waals surface area contributed by atoms with E-state index in [9.17, 15) is 5.11 Å². The monoisotopic (exact) mass is 374 g/mol. The summed E-state index contributed by atoms with van der Waals surface area (Å²) < 4.78 is 0. The first-order valence-corrected chi connectivity index (χ1v) is 9.25. The van der Waals surface area contributed by atoms with Crippen LogP contribution in [-0.2, 0) is 11.8 Å². The summed E-state index contributed by atoms with van der Waals surface area (Å²) in [5.74, 6) is 7.17. The SMILES string of the molecule is CC(C)(C)c1ccc(O)c(C[C@@H]2CCCN(N)[C@@H]2c2ccccc2)c1.Cl. The van der Waals surface area contributed by atoms with E-state index in [1.807, 2.05) is 23.2 Å². The number of benzene rings is 2. The van der Waals surface area contributed by atoms with Crippen molar-refractivity contribution in [3.05, 3.63) is 65.2 Å². The smallest absolute Gasteiger partial charge is 0.118 e. The van der Waals surface area contributed by atoms with Crippen molar-refractivity contribution in [2.45, 2.75) is 51.5 Å². The Hall–Kier alpha value is -1.55. The third-order valence-electron chi connectivity index (χ3n) is 5.36. The van der Waals surface area contributed by atoms with Crippen LogP contribution in [0.1, 0.15) is 56.3 Å². The molecule has 26 heavy (non-hydrogen) atoms. The van der Waals surface area contributed by atoms with Crippen molar-refractivity contribution < 1.29 is 5.11 Å². The molecule has 1 heterocycles. The van der Waals surface area contributed by atoms with Crippen LogP contribution in [0.25, 0.3) is 0 Å². The van der Waals surface area contributed by atoms with Crippen LogP contribution >= 0.6 is 12.4 Å². The van der Waals surface area contributed by atoms with Gasteiger partial charge in [0.05, 0.1) is 6.04 Å². The molecule has 2 aromatic carbocycles. The van der Waals surface area contributed by atoms with Crippen LogP contribution in [0.5, 0.6) is 5.75 Å². The van der Waals surface area contributed by atoms with Crippen LogP contribution in [0.3, 0.4) is 0 Å². The molecular formula is C22H31ClN2O. The summed E-state index contributed by atoms with van der Waals surface area (Å²) in [6.45, 7) is 7.54. The molecule has 0 spiro atoms. The maximum Gasteiger partial charge on any atom is 0.118 e. The van der Waals surface area contributed by atoms with E-state index in [4.69, 9.17) is 5.84 Å². The van der Waals surface area contributed by atoms with Crippen molar-refractivity contribution in [2.24, 2.45) is 11.8 Å². The normalized spacial score (nSPS) is 21.2. The van der Waals surface area contributed by atoms with Crippen LogP contribution in [0.2, 0.25) is 0 Å². The number of nitrogens with two attached hydrogens (primary N) is 1. The molecule has 0 unspecified atom stereocenters. The van der Waals surface area contributed by atoms with E-state index in [1.54, 1.807) is 0 Å². The Labute approximate surface area is 163 Å². The summed E-state index contributed by atoms with van der Waals surface area (Å²) in [7, 11) is 0. The van der Waals surface area contributed by atoms with E-state index in [0.29, 0.717) is 11.7 Å². The summed E-state index contributed by atoms with van der Waals surface area (Å²) in [4.78, 5) is 0. The Morgan fingerprint density at radius 3 is 2.46 bits per heavy atom. The summed E-state index contributed by atoms with van der Waals surface area (Å²) in [5, 5.41) is 12.4. The van der Waals surface area contributed by atoms with E-state index < -0.39 is 0 Å². The molecule has 0 aromatic heterocycles. The first-order chi connectivity index (χ1) is 11.9. The van der Waals surface area contributed by atoms with Crippen molar-refractivity contribution >= 4 is 12.4 Å². The van der Waals surface area contributed by atoms with Crippen molar-refractivity contribution in [2.75, 3.05) is 6.54 Å². The molecule has 1 aliphatic rings. The average molecular weight is 375 g/mol. The number of piperidine rings is 1. The summed E-state index contributed by atoms with van der Waals surface area (Å²) in [6.07, 6.45) is 3.08. The highest BCUT2D eigenvalue weighted by Gasteiger charge is 2.31. The van der Waals surface area contributed by atoms with Crippen LogP contribution < -0.4 is 5.84 Å². The van der Waals surface area contributed by atoms with Gasteiger partial charge in [0.15, 0.2) is 0 Å². The van der Waals surface area contributed by atoms with Crippen molar-refractivity contribution in [1.82, 2.24) is 5.01 Å². The van der Waals surface area contributed by atoms with Gasteiger partial charge in [-0.25, -0.2) is 5.01 Å². The van der Waals surface area contributed by atoms with Gasteiger partial charge in [-0.3, -0.25) is 5.84 Å². The third kappa shape index (κ3) is 4.59. The van der Waals surface area contributed by atoms with Crippen LogP contribution in [-0.4, -0.2) is 16.7 Å². The van der Waals surface area contributed by atoms with Gasteiger partial charge in [-0.1, -0.05) is 63.2 Å². The second-order valence-corrected chi connectivity index (χ2v) is 8.29. The molecule has 3 nitrogen and oxygen atoms in total. The highest BCUT2D eigenvalue weighted by atomic mass is 35.5. The molecule has 4 heteroatoms. The summed E-state index contributed by atoms with van der Waals surface area (Å²) in [6, 6.07) is 16.8. The quantitative estimate of drug-likeness (QED) is 0.745. The summed E-state index contributed by atoms with van der Waals surface area (Å²) >= 11 is 0. The van der Waals surface area contributed by atoms with Gasteiger partial charge in [0.1, 0.15) is 5.75 Å². The number of halogens is 1. The van der Waals surface area contributed by atoms with Gasteiger partial charge in [0.25, 0.3) is 0 Å². The standard InChI is InChI=1S/C22H30N2O.ClH/c1-22(2,3)19-11-12-20(25)18(15-19)14-17-10-7-13-24(23)21(17)16-8-5-4-6-9-16;/h4-6,8-9,11-12,15,17,21,25H,7,10,13-14,23H2,1-3H3;1H/t17-,21+;/m0./s1. The molecule has 0 amide bonds. The Morgan fingerprint density at radius 1 is 1.12 bits per heavy atom. The van der Waals surface area contributed by atoms with Gasteiger partial charge < -0.3 is 5.11 Å². The predicted octanol–water partition coefficient (Wildman–Crippen LogP) is 4.98. The van der Waals surface area contributed by atoms with Crippen molar-refractivity contribution in [1.29, 1.82) is 0 Å². The van der Waals surface area contributed by atoms with Crippen molar-refractivity contribution in [3.8, 4) is 5.75 Å². The molecule has 0 radical (unpaired) electrons. The number of rotatable bonds is 3. The minimum Gasteiger partial charge on any atom is -0.508 e. The van der Waals surface area contributed by atoms with Crippen LogP contribution in [0.15, 0.2) is 48.5 Å². The molecule has 0 bridgehead atoms. The largest absolute Gasteiger partial charge is 0.508 e. The molecule has 2 aromatic rings. The highest BCUT2D eigenvalue weighted by Crippen LogP contribution is 2.38. The second-order valence-electron chi connectivity index (χ2n) is 8.29. The maximum absolute atomic E-state index is 10.4. The zero-order valence-electron chi connectivity index (χ0n) is 16.0. The molecule has 0 saturated carbocycles. The Bertz CT molecular complexity index is 712. The van der Waals surface area contributed by atoms with E-state index in [-0.39, 0.29) is 23.9 Å². The molecule has 1 fully saturated rings. The molecule has 3 rings (SSSR count). The zero-order valence-corrected chi connectivity index (χ0v) is 16.8. The zero-order chi connectivity index (χ0) is 18.0. The second kappa shape index (κ2) is 8.43. The maximum atomic E-state index is 10.4. The molecule has 2 atom stereocenters.